The largest absolute Gasteiger partial charge is 0.497 e. The number of carbonyl (C=O) groups excluding carboxylic acids is 1. The molecule has 5 nitrogen and oxygen atoms in total. The Morgan fingerprint density at radius 2 is 1.88 bits per heavy atom. The van der Waals surface area contributed by atoms with Crippen LogP contribution in [0.15, 0.2) is 42.5 Å². The van der Waals surface area contributed by atoms with Crippen molar-refractivity contribution in [2.45, 2.75) is 12.8 Å². The van der Waals surface area contributed by atoms with Crippen molar-refractivity contribution in [3.05, 3.63) is 53.1 Å². The van der Waals surface area contributed by atoms with Gasteiger partial charge in [0.1, 0.15) is 11.5 Å². The number of amides is 2. The minimum Gasteiger partial charge on any atom is -0.497 e. The highest BCUT2D eigenvalue weighted by Crippen LogP contribution is 2.28. The van der Waals surface area contributed by atoms with Crippen LogP contribution in [-0.2, 0) is 6.42 Å². The van der Waals surface area contributed by atoms with E-state index in [1.165, 1.54) is 10.5 Å². The average Bonchev–Trinajstić information content (AvgIpc) is 2.60. The van der Waals surface area contributed by atoms with Gasteiger partial charge in [0, 0.05) is 19.8 Å². The second kappa shape index (κ2) is 9.18. The lowest BCUT2D eigenvalue weighted by atomic mass is 10.1. The van der Waals surface area contributed by atoms with E-state index in [4.69, 9.17) is 21.1 Å². The zero-order valence-corrected chi connectivity index (χ0v) is 15.5. The Morgan fingerprint density at radius 3 is 2.48 bits per heavy atom. The molecule has 2 aromatic carbocycles. The fraction of sp³-hybridized carbons (Fsp3) is 0.316. The van der Waals surface area contributed by atoms with Crippen molar-refractivity contribution in [1.29, 1.82) is 0 Å². The number of urea groups is 1. The molecule has 25 heavy (non-hydrogen) atoms. The SMILES string of the molecule is COc1ccc(CCCOc2ccc(NC(=O)N(C)C)cc2Cl)cc1. The highest BCUT2D eigenvalue weighted by molar-refractivity contribution is 6.32. The van der Waals surface area contributed by atoms with Gasteiger partial charge in [-0.25, -0.2) is 4.79 Å². The zero-order valence-electron chi connectivity index (χ0n) is 14.7. The molecule has 0 fully saturated rings. The lowest BCUT2D eigenvalue weighted by Crippen LogP contribution is -2.27. The molecule has 0 spiro atoms. The summed E-state index contributed by atoms with van der Waals surface area (Å²) in [7, 11) is 5.01. The molecule has 0 bridgehead atoms. The fourth-order valence-electron chi connectivity index (χ4n) is 2.18. The topological polar surface area (TPSA) is 50.8 Å². The number of nitrogens with zero attached hydrogens (tertiary/aromatic N) is 1. The molecule has 0 unspecified atom stereocenters. The normalized spacial score (nSPS) is 10.2. The summed E-state index contributed by atoms with van der Waals surface area (Å²) >= 11 is 6.22. The molecular formula is C19H23ClN2O3. The number of anilines is 1. The second-order valence-electron chi connectivity index (χ2n) is 5.77. The molecule has 134 valence electrons. The Balaban J connectivity index is 1.81. The minimum absolute atomic E-state index is 0.204. The Hall–Kier alpha value is -2.40. The van der Waals surface area contributed by atoms with Crippen molar-refractivity contribution in [2.24, 2.45) is 0 Å². The predicted octanol–water partition coefficient (Wildman–Crippen LogP) is 4.45. The van der Waals surface area contributed by atoms with Crippen LogP contribution < -0.4 is 14.8 Å². The van der Waals surface area contributed by atoms with Crippen LogP contribution in [-0.4, -0.2) is 38.7 Å². The average molecular weight is 363 g/mol. The monoisotopic (exact) mass is 362 g/mol. The maximum atomic E-state index is 11.6. The Morgan fingerprint density at radius 1 is 1.16 bits per heavy atom. The van der Waals surface area contributed by atoms with Crippen molar-refractivity contribution >= 4 is 23.3 Å². The number of nitrogens with one attached hydrogen (secondary N) is 1. The molecule has 2 rings (SSSR count). The summed E-state index contributed by atoms with van der Waals surface area (Å²) in [6.07, 6.45) is 1.79. The van der Waals surface area contributed by atoms with Crippen molar-refractivity contribution in [2.75, 3.05) is 33.1 Å². The second-order valence-corrected chi connectivity index (χ2v) is 6.18. The molecule has 6 heteroatoms. The molecule has 0 aliphatic rings. The number of benzene rings is 2. The molecule has 0 heterocycles. The summed E-state index contributed by atoms with van der Waals surface area (Å²) in [5.41, 5.74) is 1.87. The quantitative estimate of drug-likeness (QED) is 0.740. The molecule has 2 aromatic rings. The van der Waals surface area contributed by atoms with Gasteiger partial charge in [-0.3, -0.25) is 0 Å². The van der Waals surface area contributed by atoms with Gasteiger partial charge >= 0.3 is 6.03 Å². The van der Waals surface area contributed by atoms with E-state index in [1.807, 2.05) is 24.3 Å². The third kappa shape index (κ3) is 5.87. The highest BCUT2D eigenvalue weighted by atomic mass is 35.5. The predicted molar refractivity (Wildman–Crippen MR) is 101 cm³/mol. The lowest BCUT2D eigenvalue weighted by molar-refractivity contribution is 0.230. The van der Waals surface area contributed by atoms with E-state index in [9.17, 15) is 4.79 Å². The van der Waals surface area contributed by atoms with E-state index in [-0.39, 0.29) is 6.03 Å². The van der Waals surface area contributed by atoms with Crippen LogP contribution in [0.4, 0.5) is 10.5 Å². The summed E-state index contributed by atoms with van der Waals surface area (Å²) in [4.78, 5) is 13.1. The maximum Gasteiger partial charge on any atom is 0.321 e. The van der Waals surface area contributed by atoms with Gasteiger partial charge in [-0.2, -0.15) is 0 Å². The van der Waals surface area contributed by atoms with Crippen molar-refractivity contribution in [3.8, 4) is 11.5 Å². The molecule has 2 amide bonds. The molecule has 1 N–H and O–H groups in total. The van der Waals surface area contributed by atoms with Crippen LogP contribution in [0.1, 0.15) is 12.0 Å². The first-order valence-electron chi connectivity index (χ1n) is 8.03. The number of hydrogen-bond acceptors (Lipinski definition) is 3. The van der Waals surface area contributed by atoms with Gasteiger partial charge in [-0.05, 0) is 48.7 Å². The highest BCUT2D eigenvalue weighted by Gasteiger charge is 2.07. The third-order valence-electron chi connectivity index (χ3n) is 3.62. The molecule has 0 aromatic heterocycles. The first-order chi connectivity index (χ1) is 12.0. The maximum absolute atomic E-state index is 11.6. The molecule has 0 aliphatic carbocycles. The van der Waals surface area contributed by atoms with Crippen molar-refractivity contribution in [3.63, 3.8) is 0 Å². The number of ether oxygens (including phenoxy) is 2. The van der Waals surface area contributed by atoms with E-state index in [2.05, 4.69) is 5.32 Å². The molecule has 0 aliphatic heterocycles. The summed E-state index contributed by atoms with van der Waals surface area (Å²) < 4.78 is 10.9. The summed E-state index contributed by atoms with van der Waals surface area (Å²) in [6.45, 7) is 0.565. The molecular weight excluding hydrogens is 340 g/mol. The van der Waals surface area contributed by atoms with E-state index < -0.39 is 0 Å². The van der Waals surface area contributed by atoms with Crippen LogP contribution in [0.25, 0.3) is 0 Å². The first-order valence-corrected chi connectivity index (χ1v) is 8.41. The van der Waals surface area contributed by atoms with Gasteiger partial charge < -0.3 is 19.7 Å². The molecule has 0 saturated carbocycles. The fourth-order valence-corrected chi connectivity index (χ4v) is 2.42. The van der Waals surface area contributed by atoms with Gasteiger partial charge in [0.2, 0.25) is 0 Å². The van der Waals surface area contributed by atoms with E-state index in [0.717, 1.165) is 18.6 Å². The van der Waals surface area contributed by atoms with Crippen LogP contribution in [0.5, 0.6) is 11.5 Å². The van der Waals surface area contributed by atoms with Crippen LogP contribution in [0, 0.1) is 0 Å². The van der Waals surface area contributed by atoms with Crippen molar-refractivity contribution < 1.29 is 14.3 Å². The summed E-state index contributed by atoms with van der Waals surface area (Å²) in [5, 5.41) is 3.22. The molecule has 0 atom stereocenters. The number of methoxy groups -OCH3 is 1. The van der Waals surface area contributed by atoms with Crippen LogP contribution in [0.3, 0.4) is 0 Å². The third-order valence-corrected chi connectivity index (χ3v) is 3.91. The standard InChI is InChI=1S/C19H23ClN2O3/c1-22(2)19(23)21-15-8-11-18(17(20)13-15)25-12-4-5-14-6-9-16(24-3)10-7-14/h6-11,13H,4-5,12H2,1-3H3,(H,21,23). The number of carbonyl (C=O) groups is 1. The van der Waals surface area contributed by atoms with E-state index in [1.54, 1.807) is 39.4 Å². The number of rotatable bonds is 7. The van der Waals surface area contributed by atoms with Crippen LogP contribution >= 0.6 is 11.6 Å². The van der Waals surface area contributed by atoms with Gasteiger partial charge in [-0.15, -0.1) is 0 Å². The van der Waals surface area contributed by atoms with E-state index >= 15 is 0 Å². The number of hydrogen-bond donors (Lipinski definition) is 1. The molecule has 0 saturated heterocycles. The lowest BCUT2D eigenvalue weighted by Gasteiger charge is -2.13. The Kier molecular flexibility index (Phi) is 6.95. The summed E-state index contributed by atoms with van der Waals surface area (Å²) in [5.74, 6) is 1.47. The smallest absolute Gasteiger partial charge is 0.321 e. The Labute approximate surface area is 153 Å². The van der Waals surface area contributed by atoms with Gasteiger partial charge in [0.05, 0.1) is 18.7 Å². The summed E-state index contributed by atoms with van der Waals surface area (Å²) in [6, 6.07) is 13.0. The molecule has 0 radical (unpaired) electrons. The zero-order chi connectivity index (χ0) is 18.2. The number of halogens is 1. The van der Waals surface area contributed by atoms with Crippen molar-refractivity contribution in [1.82, 2.24) is 4.90 Å². The van der Waals surface area contributed by atoms with Crippen LogP contribution in [0.2, 0.25) is 5.02 Å². The number of aryl methyl sites for hydroxylation is 1. The van der Waals surface area contributed by atoms with Gasteiger partial charge in [-0.1, -0.05) is 23.7 Å². The first kappa shape index (κ1) is 18.9. The Bertz CT molecular complexity index is 702. The van der Waals surface area contributed by atoms with Gasteiger partial charge in [0.15, 0.2) is 0 Å². The minimum atomic E-state index is -0.204. The van der Waals surface area contributed by atoms with E-state index in [0.29, 0.717) is 23.1 Å². The van der Waals surface area contributed by atoms with Gasteiger partial charge in [0.25, 0.3) is 0 Å².